The third-order valence-corrected chi connectivity index (χ3v) is 36.6. The Kier molecular flexibility index (Phi) is 29.5. The number of furan rings is 3. The molecule has 150 heavy (non-hydrogen) atoms. The normalized spacial score (nSPS) is 18.8. The van der Waals surface area contributed by atoms with Crippen molar-refractivity contribution in [2.45, 2.75) is 239 Å². The van der Waals surface area contributed by atoms with Crippen LogP contribution >= 0.6 is 34.0 Å². The summed E-state index contributed by atoms with van der Waals surface area (Å²) in [6.45, 7) is 54.6. The first-order valence-electron chi connectivity index (χ1n) is 53.8. The quantitative estimate of drug-likeness (QED) is 0.0693. The number of hydrogen-bond acceptors (Lipinski definition) is 18. The Morgan fingerprint density at radius 2 is 0.533 bits per heavy atom. The Morgan fingerprint density at radius 1 is 0.233 bits per heavy atom. The highest BCUT2D eigenvalue weighted by Gasteiger charge is 2.40. The van der Waals surface area contributed by atoms with Crippen LogP contribution in [0.15, 0.2) is 269 Å². The standard InChI is InChI=1S/3C22H26N2O.3C22H26N2S/c1-14(22(2,3)4)23-21-20-17(10-11-24(21)5)18-12-15-8-6-7-9-16(15)13-19(18)25-20;1-14(22(2,3)4)23-21-20-17(12-13-24(21)5)19-16-9-7-6-8-15(16)10-11-18(19)25-20;1-14(22(2,3)4)23-21-20-18(12-13-24(21)5)17-11-10-15-8-6-7-9-16(15)19(17)25-20;1-14(22(2,3)4)23-21-20-17(10-11-24(21)5)18-12-15-8-6-7-9-16(15)13-19(18)25-20;1-14(22(2,3)4)23-21-20-17(12-13-24(21)5)19-16-9-7-6-8-15(16)10-11-18(19)25-20;1-14(22(2,3)4)23-21-20-18(12-13-24(21)5)17-11-10-15-8-6-7-9-16(15)19(17)25-20/h6*6-14,21,23H,1-5H3/t6*14-,21?/m111111/s1. The van der Waals surface area contributed by atoms with E-state index in [0.29, 0.717) is 36.3 Å². The average Bonchev–Trinajstić information content (AvgIpc) is 1.64. The molecule has 6 aliphatic heterocycles. The van der Waals surface area contributed by atoms with Gasteiger partial charge in [0.05, 0.1) is 14.6 Å². The van der Waals surface area contributed by atoms with Gasteiger partial charge >= 0.3 is 0 Å². The lowest BCUT2D eigenvalue weighted by Gasteiger charge is -2.37. The van der Waals surface area contributed by atoms with Crippen LogP contribution in [-0.4, -0.2) is 108 Å². The molecule has 0 fully saturated rings. The maximum Gasteiger partial charge on any atom is 0.149 e. The average molecular weight is 2050 g/mol. The van der Waals surface area contributed by atoms with Crippen molar-refractivity contribution in [3.63, 3.8) is 0 Å². The molecule has 0 radical (unpaired) electrons. The van der Waals surface area contributed by atoms with Gasteiger partial charge in [0.15, 0.2) is 0 Å². The second-order valence-electron chi connectivity index (χ2n) is 49.1. The summed E-state index contributed by atoms with van der Waals surface area (Å²) < 4.78 is 23.3. The van der Waals surface area contributed by atoms with E-state index in [2.05, 4.69) is 562 Å². The summed E-state index contributed by atoms with van der Waals surface area (Å²) in [5.41, 5.74) is 11.8. The summed E-state index contributed by atoms with van der Waals surface area (Å²) in [6, 6.07) is 80.5. The number of rotatable bonds is 12. The summed E-state index contributed by atoms with van der Waals surface area (Å²) in [5.74, 6) is 3.02. The lowest BCUT2D eigenvalue weighted by molar-refractivity contribution is 0.173. The zero-order valence-corrected chi connectivity index (χ0v) is 96.2. The zero-order valence-electron chi connectivity index (χ0n) is 93.8. The molecule has 0 bridgehead atoms. The fourth-order valence-corrected chi connectivity index (χ4v) is 24.4. The van der Waals surface area contributed by atoms with Gasteiger partial charge in [-0.15, -0.1) is 34.0 Å². The van der Waals surface area contributed by atoms with Gasteiger partial charge in [0.25, 0.3) is 0 Å². The van der Waals surface area contributed by atoms with E-state index >= 15 is 0 Å². The summed E-state index contributed by atoms with van der Waals surface area (Å²) >= 11 is 5.79. The largest absolute Gasteiger partial charge is 0.457 e. The van der Waals surface area contributed by atoms with Gasteiger partial charge in [0.2, 0.25) is 0 Å². The van der Waals surface area contributed by atoms with Crippen LogP contribution in [0.25, 0.3) is 164 Å². The van der Waals surface area contributed by atoms with Gasteiger partial charge in [0, 0.05) is 201 Å². The highest BCUT2D eigenvalue weighted by molar-refractivity contribution is 7.21. The van der Waals surface area contributed by atoms with E-state index in [4.69, 9.17) is 13.3 Å². The molecular formula is C132H156N12O3S3. The van der Waals surface area contributed by atoms with Crippen molar-refractivity contribution in [2.24, 2.45) is 32.5 Å². The molecular weight excluding hydrogens is 1900 g/mol. The van der Waals surface area contributed by atoms with Gasteiger partial charge in [0.1, 0.15) is 71.0 Å². The summed E-state index contributed by atoms with van der Waals surface area (Å²) in [6.07, 6.45) is 27.2. The molecule has 18 heteroatoms. The fraction of sp³-hybridized carbons (Fsp3) is 0.364. The summed E-state index contributed by atoms with van der Waals surface area (Å²) in [5, 5.41) is 45.9. The van der Waals surface area contributed by atoms with Crippen LogP contribution in [0.5, 0.6) is 0 Å². The van der Waals surface area contributed by atoms with E-state index < -0.39 is 0 Å². The van der Waals surface area contributed by atoms with Gasteiger partial charge in [-0.25, -0.2) is 0 Å². The van der Waals surface area contributed by atoms with Crippen molar-refractivity contribution in [3.05, 3.63) is 321 Å². The third kappa shape index (κ3) is 21.3. The summed E-state index contributed by atoms with van der Waals surface area (Å²) in [4.78, 5) is 17.7. The zero-order chi connectivity index (χ0) is 107. The van der Waals surface area contributed by atoms with Crippen molar-refractivity contribution in [3.8, 4) is 0 Å². The maximum atomic E-state index is 6.44. The van der Waals surface area contributed by atoms with Crippen LogP contribution in [-0.2, 0) is 0 Å². The molecule has 6 unspecified atom stereocenters. The highest BCUT2D eigenvalue weighted by Crippen LogP contribution is 2.51. The molecule has 0 amide bonds. The molecule has 6 aliphatic rings. The second kappa shape index (κ2) is 41.7. The smallest absolute Gasteiger partial charge is 0.149 e. The van der Waals surface area contributed by atoms with Crippen LogP contribution in [0.3, 0.4) is 0 Å². The van der Waals surface area contributed by atoms with Crippen LogP contribution < -0.4 is 31.9 Å². The predicted octanol–water partition coefficient (Wildman–Crippen LogP) is 34.6. The summed E-state index contributed by atoms with van der Waals surface area (Å²) in [7, 11) is 12.8. The minimum absolute atomic E-state index is 0.0420. The number of benzene rings is 12. The van der Waals surface area contributed by atoms with Gasteiger partial charge in [-0.3, -0.25) is 31.9 Å². The van der Waals surface area contributed by atoms with E-state index in [1.807, 2.05) is 34.0 Å². The van der Waals surface area contributed by atoms with Crippen LogP contribution in [0.2, 0.25) is 0 Å². The van der Waals surface area contributed by atoms with Crippen molar-refractivity contribution >= 4 is 198 Å². The molecule has 0 spiro atoms. The first-order chi connectivity index (χ1) is 71.1. The molecule has 18 aromatic rings. The lowest BCUT2D eigenvalue weighted by Crippen LogP contribution is -2.45. The van der Waals surface area contributed by atoms with E-state index in [-0.39, 0.29) is 69.5 Å². The first-order valence-corrected chi connectivity index (χ1v) is 56.2. The molecule has 780 valence electrons. The molecule has 6 N–H and O–H groups in total. The fourth-order valence-electron chi connectivity index (χ4n) is 20.3. The number of thiophene rings is 3. The molecule has 12 heterocycles. The second-order valence-corrected chi connectivity index (χ2v) is 52.4. The van der Waals surface area contributed by atoms with Crippen molar-refractivity contribution in [1.29, 1.82) is 0 Å². The molecule has 0 aliphatic carbocycles. The van der Waals surface area contributed by atoms with E-state index in [1.54, 1.807) is 0 Å². The third-order valence-electron chi connectivity index (χ3n) is 32.9. The minimum Gasteiger partial charge on any atom is -0.457 e. The number of nitrogens with zero attached hydrogens (tertiary/aromatic N) is 6. The monoisotopic (exact) mass is 2050 g/mol. The van der Waals surface area contributed by atoms with Gasteiger partial charge in [-0.05, 0) is 212 Å². The Hall–Kier alpha value is -12.3. The molecule has 15 nitrogen and oxygen atoms in total. The van der Waals surface area contributed by atoms with Crippen LogP contribution in [0.1, 0.15) is 268 Å². The van der Waals surface area contributed by atoms with Crippen LogP contribution in [0.4, 0.5) is 0 Å². The highest BCUT2D eigenvalue weighted by atomic mass is 32.1. The Bertz CT molecular complexity index is 7680. The van der Waals surface area contributed by atoms with Crippen LogP contribution in [0, 0.1) is 32.5 Å². The van der Waals surface area contributed by atoms with Gasteiger partial charge in [-0.1, -0.05) is 301 Å². The number of hydrogen-bond donors (Lipinski definition) is 6. The maximum absolute atomic E-state index is 6.44. The first kappa shape index (κ1) is 106. The van der Waals surface area contributed by atoms with Gasteiger partial charge < -0.3 is 42.7 Å². The number of nitrogens with one attached hydrogen (secondary N) is 6. The lowest BCUT2D eigenvalue weighted by atomic mass is 9.87. The SMILES string of the molecule is C[C@@H](NC1c2oc3c(ccc4ccccc43)c2C=CN1C)C(C)(C)C.C[C@@H](NC1c2oc3cc4ccccc4cc3c2C=CN1C)C(C)(C)C.C[C@@H](NC1c2oc3ccc4ccccc4c3c2C=CN1C)C(C)(C)C.C[C@@H](NC1c2sc3c(ccc4ccccc43)c2C=CN1C)C(C)(C)C.C[C@@H](NC1c2sc3cc4ccccc4cc3c2C=CN1C)C(C)(C)C.C[C@@H](NC1c2sc3ccc4ccccc4c3c2C=CN1C)C(C)(C)C. The van der Waals surface area contributed by atoms with Crippen molar-refractivity contribution in [2.75, 3.05) is 42.3 Å². The molecule has 12 aromatic carbocycles. The molecule has 24 rings (SSSR count). The van der Waals surface area contributed by atoms with E-state index in [0.717, 1.165) is 34.0 Å². The minimum atomic E-state index is 0.0420. The Balaban J connectivity index is 0.000000113. The Morgan fingerprint density at radius 3 is 1.00 bits per heavy atom. The van der Waals surface area contributed by atoms with E-state index in [9.17, 15) is 0 Å². The predicted molar refractivity (Wildman–Crippen MR) is 649 cm³/mol. The van der Waals surface area contributed by atoms with E-state index in [1.165, 1.54) is 159 Å². The molecule has 12 atom stereocenters. The number of fused-ring (bicyclic) bond motifs is 28. The van der Waals surface area contributed by atoms with Crippen molar-refractivity contribution < 1.29 is 13.3 Å². The Labute approximate surface area is 901 Å². The molecule has 0 saturated heterocycles. The molecule has 6 aromatic heterocycles. The molecule has 0 saturated carbocycles. The van der Waals surface area contributed by atoms with Crippen molar-refractivity contribution in [1.82, 2.24) is 61.3 Å². The van der Waals surface area contributed by atoms with Gasteiger partial charge in [-0.2, -0.15) is 0 Å². The topological polar surface area (TPSA) is 131 Å².